The van der Waals surface area contributed by atoms with Crippen LogP contribution in [0.3, 0.4) is 0 Å². The second-order valence-electron chi connectivity index (χ2n) is 7.36. The summed E-state index contributed by atoms with van der Waals surface area (Å²) in [6.07, 6.45) is 3.22. The van der Waals surface area contributed by atoms with Crippen LogP contribution in [0.25, 0.3) is 0 Å². The predicted molar refractivity (Wildman–Crippen MR) is 94.7 cm³/mol. The van der Waals surface area contributed by atoms with Gasteiger partial charge in [0.25, 0.3) is 0 Å². The van der Waals surface area contributed by atoms with Gasteiger partial charge in [-0.2, -0.15) is 0 Å². The summed E-state index contributed by atoms with van der Waals surface area (Å²) in [4.78, 5) is 17.0. The standard InChI is InChI=1S/C18H21Cl2NO3/c1-17(2)11-6-7-18(17,3)15(8-11)21-24-16(22)10-23-14-5-4-12(19)9-13(14)20/h4-5,9,11H,6-8,10H2,1-3H3/b21-15-/t11-,18-/m1/s1. The lowest BCUT2D eigenvalue weighted by atomic mass is 9.70. The highest BCUT2D eigenvalue weighted by Crippen LogP contribution is 2.63. The summed E-state index contributed by atoms with van der Waals surface area (Å²) in [5, 5.41) is 5.01. The minimum atomic E-state index is -0.544. The highest BCUT2D eigenvalue weighted by Gasteiger charge is 2.60. The van der Waals surface area contributed by atoms with Crippen molar-refractivity contribution in [2.75, 3.05) is 6.61 Å². The van der Waals surface area contributed by atoms with Gasteiger partial charge in [-0.1, -0.05) is 49.1 Å². The Morgan fingerprint density at radius 3 is 2.67 bits per heavy atom. The van der Waals surface area contributed by atoms with Crippen LogP contribution in [0.1, 0.15) is 40.0 Å². The van der Waals surface area contributed by atoms with E-state index in [1.165, 1.54) is 6.42 Å². The van der Waals surface area contributed by atoms with Crippen LogP contribution >= 0.6 is 23.2 Å². The molecule has 2 aliphatic rings. The minimum absolute atomic E-state index is 0.0122. The molecule has 0 radical (unpaired) electrons. The second-order valence-corrected chi connectivity index (χ2v) is 8.20. The number of rotatable bonds is 4. The Morgan fingerprint density at radius 2 is 2.08 bits per heavy atom. The molecule has 1 aromatic carbocycles. The van der Waals surface area contributed by atoms with E-state index >= 15 is 0 Å². The van der Waals surface area contributed by atoms with Gasteiger partial charge in [-0.15, -0.1) is 0 Å². The molecule has 6 heteroatoms. The first-order valence-corrected chi connectivity index (χ1v) is 8.84. The van der Waals surface area contributed by atoms with Crippen LogP contribution in [0, 0.1) is 16.7 Å². The largest absolute Gasteiger partial charge is 0.480 e. The third-order valence-electron chi connectivity index (χ3n) is 6.01. The molecule has 3 rings (SSSR count). The molecule has 2 fully saturated rings. The second kappa shape index (κ2) is 6.23. The molecule has 4 nitrogen and oxygen atoms in total. The first-order valence-electron chi connectivity index (χ1n) is 8.09. The van der Waals surface area contributed by atoms with E-state index in [1.807, 2.05) is 0 Å². The Balaban J connectivity index is 1.58. The number of ether oxygens (including phenoxy) is 1. The van der Waals surface area contributed by atoms with Crippen LogP contribution in [0.5, 0.6) is 5.75 Å². The Bertz CT molecular complexity index is 702. The number of halogens is 2. The summed E-state index contributed by atoms with van der Waals surface area (Å²) in [6.45, 7) is 6.53. The monoisotopic (exact) mass is 369 g/mol. The van der Waals surface area contributed by atoms with Crippen LogP contribution < -0.4 is 4.74 Å². The molecule has 0 saturated heterocycles. The predicted octanol–water partition coefficient (Wildman–Crippen LogP) is 5.12. The Morgan fingerprint density at radius 1 is 1.33 bits per heavy atom. The third-order valence-corrected chi connectivity index (χ3v) is 6.54. The number of hydrogen-bond donors (Lipinski definition) is 0. The first kappa shape index (κ1) is 17.6. The van der Waals surface area contributed by atoms with Crippen molar-refractivity contribution in [3.63, 3.8) is 0 Å². The average molecular weight is 370 g/mol. The normalized spacial score (nSPS) is 29.0. The zero-order valence-corrected chi connectivity index (χ0v) is 15.6. The Labute approximate surface area is 152 Å². The van der Waals surface area contributed by atoms with E-state index in [9.17, 15) is 4.79 Å². The van der Waals surface area contributed by atoms with E-state index in [0.29, 0.717) is 21.7 Å². The van der Waals surface area contributed by atoms with Crippen LogP contribution in [-0.2, 0) is 9.63 Å². The van der Waals surface area contributed by atoms with Crippen molar-refractivity contribution in [3.8, 4) is 5.75 Å². The van der Waals surface area contributed by atoms with Crippen molar-refractivity contribution >= 4 is 34.9 Å². The van der Waals surface area contributed by atoms with Gasteiger partial charge in [0, 0.05) is 10.4 Å². The number of fused-ring (bicyclic) bond motifs is 2. The zero-order valence-electron chi connectivity index (χ0n) is 14.1. The maximum atomic E-state index is 11.9. The fourth-order valence-corrected chi connectivity index (χ4v) is 4.39. The fraction of sp³-hybridized carbons (Fsp3) is 0.556. The van der Waals surface area contributed by atoms with Crippen LogP contribution in [0.15, 0.2) is 23.4 Å². The van der Waals surface area contributed by atoms with E-state index in [2.05, 4.69) is 25.9 Å². The van der Waals surface area contributed by atoms with E-state index in [1.54, 1.807) is 18.2 Å². The molecule has 2 atom stereocenters. The molecule has 0 aromatic heterocycles. The summed E-state index contributed by atoms with van der Waals surface area (Å²) in [5.41, 5.74) is 1.20. The van der Waals surface area contributed by atoms with Gasteiger partial charge in [0.2, 0.25) is 0 Å². The topological polar surface area (TPSA) is 47.9 Å². The van der Waals surface area contributed by atoms with Gasteiger partial charge in [0.05, 0.1) is 10.7 Å². The van der Waals surface area contributed by atoms with Gasteiger partial charge in [-0.25, -0.2) is 4.79 Å². The molecule has 0 spiro atoms. The molecule has 0 unspecified atom stereocenters. The lowest BCUT2D eigenvalue weighted by Gasteiger charge is -2.34. The molecule has 0 N–H and O–H groups in total. The quantitative estimate of drug-likeness (QED) is 0.546. The van der Waals surface area contributed by atoms with Crippen LogP contribution in [0.2, 0.25) is 10.0 Å². The number of carbonyl (C=O) groups excluding carboxylic acids is 1. The minimum Gasteiger partial charge on any atom is -0.480 e. The number of hydrogen-bond acceptors (Lipinski definition) is 4. The van der Waals surface area contributed by atoms with Crippen molar-refractivity contribution in [2.45, 2.75) is 40.0 Å². The number of carbonyl (C=O) groups is 1. The smallest absolute Gasteiger partial charge is 0.372 e. The number of nitrogens with zero attached hydrogens (tertiary/aromatic N) is 1. The number of benzene rings is 1. The van der Waals surface area contributed by atoms with Crippen molar-refractivity contribution < 1.29 is 14.4 Å². The average Bonchev–Trinajstić information content (AvgIpc) is 2.85. The molecule has 2 aliphatic carbocycles. The summed E-state index contributed by atoms with van der Waals surface area (Å²) >= 11 is 11.8. The zero-order chi connectivity index (χ0) is 17.5. The van der Waals surface area contributed by atoms with E-state index in [-0.39, 0.29) is 17.4 Å². The SMILES string of the molecule is CC1(C)[C@@H]2CC[C@]1(C)/C(=N\OC(=O)COc1ccc(Cl)cc1Cl)C2. The van der Waals surface area contributed by atoms with Crippen molar-refractivity contribution in [1.82, 2.24) is 0 Å². The highest BCUT2D eigenvalue weighted by atomic mass is 35.5. The summed E-state index contributed by atoms with van der Waals surface area (Å²) in [7, 11) is 0. The fourth-order valence-electron chi connectivity index (χ4n) is 3.93. The molecule has 2 bridgehead atoms. The van der Waals surface area contributed by atoms with Crippen molar-refractivity contribution in [1.29, 1.82) is 0 Å². The van der Waals surface area contributed by atoms with Crippen LogP contribution in [0.4, 0.5) is 0 Å². The Hall–Kier alpha value is -1.26. The molecule has 2 saturated carbocycles. The van der Waals surface area contributed by atoms with Crippen molar-refractivity contribution in [2.24, 2.45) is 21.9 Å². The van der Waals surface area contributed by atoms with Gasteiger partial charge in [-0.05, 0) is 48.8 Å². The molecular formula is C18H21Cl2NO3. The van der Waals surface area contributed by atoms with E-state index in [0.717, 1.165) is 18.6 Å². The maximum absolute atomic E-state index is 11.9. The van der Waals surface area contributed by atoms with Gasteiger partial charge >= 0.3 is 5.97 Å². The lowest BCUT2D eigenvalue weighted by molar-refractivity contribution is -0.146. The molecular weight excluding hydrogens is 349 g/mol. The third kappa shape index (κ3) is 2.91. The van der Waals surface area contributed by atoms with Gasteiger partial charge in [0.1, 0.15) is 5.75 Å². The molecule has 24 heavy (non-hydrogen) atoms. The number of oxime groups is 1. The van der Waals surface area contributed by atoms with Crippen molar-refractivity contribution in [3.05, 3.63) is 28.2 Å². The first-order chi connectivity index (χ1) is 11.2. The molecule has 0 aliphatic heterocycles. The summed E-state index contributed by atoms with van der Waals surface area (Å²) in [5.74, 6) is 0.459. The van der Waals surface area contributed by atoms with E-state index < -0.39 is 5.97 Å². The molecule has 0 heterocycles. The lowest BCUT2D eigenvalue weighted by Crippen LogP contribution is -2.32. The summed E-state index contributed by atoms with van der Waals surface area (Å²) < 4.78 is 5.36. The summed E-state index contributed by atoms with van der Waals surface area (Å²) in [6, 6.07) is 4.82. The van der Waals surface area contributed by atoms with Gasteiger partial charge < -0.3 is 9.57 Å². The highest BCUT2D eigenvalue weighted by molar-refractivity contribution is 6.35. The Kier molecular flexibility index (Phi) is 4.56. The molecule has 130 valence electrons. The van der Waals surface area contributed by atoms with Crippen LogP contribution in [-0.4, -0.2) is 18.3 Å². The van der Waals surface area contributed by atoms with E-state index in [4.69, 9.17) is 32.8 Å². The van der Waals surface area contributed by atoms with Gasteiger partial charge in [0.15, 0.2) is 6.61 Å². The molecule has 0 amide bonds. The molecule has 1 aromatic rings. The maximum Gasteiger partial charge on any atom is 0.372 e. The van der Waals surface area contributed by atoms with Gasteiger partial charge in [-0.3, -0.25) is 0 Å².